The number of urea groups is 1. The van der Waals surface area contributed by atoms with Crippen molar-refractivity contribution in [3.63, 3.8) is 0 Å². The first-order valence-corrected chi connectivity index (χ1v) is 10.6. The lowest BCUT2D eigenvalue weighted by atomic mass is 10.1. The fourth-order valence-corrected chi connectivity index (χ4v) is 3.55. The lowest BCUT2D eigenvalue weighted by Gasteiger charge is -2.12. The van der Waals surface area contributed by atoms with Crippen molar-refractivity contribution < 1.29 is 23.5 Å². The largest absolute Gasteiger partial charge is 0.497 e. The van der Waals surface area contributed by atoms with Gasteiger partial charge in [-0.1, -0.05) is 29.5 Å². The van der Waals surface area contributed by atoms with Crippen LogP contribution in [0.25, 0.3) is 11.5 Å². The highest BCUT2D eigenvalue weighted by atomic mass is 32.2. The number of aromatic nitrogens is 2. The summed E-state index contributed by atoms with van der Waals surface area (Å²) in [5.74, 6) is 0.897. The SMILES string of the molecule is COc1ccc(-c2nnc(SC(C)C(=O)NC(=O)Nc3ccc(C)cc3C)o2)c(OC)c1. The number of methoxy groups -OCH3 is 2. The Labute approximate surface area is 189 Å². The van der Waals surface area contributed by atoms with Gasteiger partial charge in [0.05, 0.1) is 25.0 Å². The fraction of sp³-hybridized carbons (Fsp3) is 0.273. The maximum absolute atomic E-state index is 12.4. The Balaban J connectivity index is 1.61. The number of thioether (sulfide) groups is 1. The molecule has 168 valence electrons. The van der Waals surface area contributed by atoms with Gasteiger partial charge in [-0.25, -0.2) is 4.79 Å². The van der Waals surface area contributed by atoms with Crippen LogP contribution in [0.5, 0.6) is 11.5 Å². The standard InChI is InChI=1S/C22H24N4O5S/c1-12-6-9-17(13(2)10-12)23-21(28)24-19(27)14(3)32-22-26-25-20(31-22)16-8-7-15(29-4)11-18(16)30-5/h6-11,14H,1-5H3,(H2,23,24,27,28). The van der Waals surface area contributed by atoms with Gasteiger partial charge in [-0.15, -0.1) is 10.2 Å². The molecule has 32 heavy (non-hydrogen) atoms. The molecule has 0 saturated heterocycles. The molecule has 0 saturated carbocycles. The van der Waals surface area contributed by atoms with Gasteiger partial charge in [0.15, 0.2) is 0 Å². The van der Waals surface area contributed by atoms with Crippen LogP contribution in [0.15, 0.2) is 46.0 Å². The number of anilines is 1. The smallest absolute Gasteiger partial charge is 0.325 e. The monoisotopic (exact) mass is 456 g/mol. The molecular formula is C22H24N4O5S. The Morgan fingerprint density at radius 2 is 1.84 bits per heavy atom. The Morgan fingerprint density at radius 1 is 1.06 bits per heavy atom. The molecular weight excluding hydrogens is 432 g/mol. The number of hydrogen-bond donors (Lipinski definition) is 2. The predicted molar refractivity (Wildman–Crippen MR) is 121 cm³/mol. The van der Waals surface area contributed by atoms with Crippen molar-refractivity contribution in [2.45, 2.75) is 31.2 Å². The predicted octanol–water partition coefficient (Wildman–Crippen LogP) is 4.20. The first-order valence-electron chi connectivity index (χ1n) is 9.72. The maximum atomic E-state index is 12.4. The van der Waals surface area contributed by atoms with Crippen LogP contribution in [0.2, 0.25) is 0 Å². The van der Waals surface area contributed by atoms with Crippen LogP contribution in [0.3, 0.4) is 0 Å². The number of aryl methyl sites for hydroxylation is 2. The topological polar surface area (TPSA) is 116 Å². The van der Waals surface area contributed by atoms with Crippen molar-refractivity contribution >= 4 is 29.4 Å². The van der Waals surface area contributed by atoms with Crippen molar-refractivity contribution in [3.05, 3.63) is 47.5 Å². The summed E-state index contributed by atoms with van der Waals surface area (Å²) in [5.41, 5.74) is 3.22. The summed E-state index contributed by atoms with van der Waals surface area (Å²) < 4.78 is 16.2. The molecule has 0 fully saturated rings. The zero-order valence-electron chi connectivity index (χ0n) is 18.4. The van der Waals surface area contributed by atoms with Crippen molar-refractivity contribution in [3.8, 4) is 23.0 Å². The van der Waals surface area contributed by atoms with Gasteiger partial charge in [0, 0.05) is 11.8 Å². The fourth-order valence-electron chi connectivity index (χ4n) is 2.87. The molecule has 0 aliphatic rings. The molecule has 0 aliphatic carbocycles. The summed E-state index contributed by atoms with van der Waals surface area (Å²) in [6.45, 7) is 5.49. The molecule has 2 aromatic carbocycles. The lowest BCUT2D eigenvalue weighted by molar-refractivity contribution is -0.119. The second kappa shape index (κ2) is 10.2. The van der Waals surface area contributed by atoms with E-state index < -0.39 is 17.2 Å². The van der Waals surface area contributed by atoms with Crippen molar-refractivity contribution in [1.82, 2.24) is 15.5 Å². The molecule has 0 radical (unpaired) electrons. The summed E-state index contributed by atoms with van der Waals surface area (Å²) in [6.07, 6.45) is 0. The normalized spacial score (nSPS) is 11.5. The van der Waals surface area contributed by atoms with Crippen LogP contribution in [0.4, 0.5) is 10.5 Å². The van der Waals surface area contributed by atoms with E-state index in [9.17, 15) is 9.59 Å². The van der Waals surface area contributed by atoms with Crippen LogP contribution < -0.4 is 20.1 Å². The summed E-state index contributed by atoms with van der Waals surface area (Å²) in [6, 6.07) is 10.2. The average molecular weight is 457 g/mol. The van der Waals surface area contributed by atoms with E-state index in [2.05, 4.69) is 20.8 Å². The van der Waals surface area contributed by atoms with E-state index in [1.807, 2.05) is 26.0 Å². The van der Waals surface area contributed by atoms with Gasteiger partial charge in [-0.05, 0) is 44.5 Å². The van der Waals surface area contributed by atoms with Crippen LogP contribution >= 0.6 is 11.8 Å². The van der Waals surface area contributed by atoms with Gasteiger partial charge < -0.3 is 19.2 Å². The van der Waals surface area contributed by atoms with Gasteiger partial charge in [-0.2, -0.15) is 0 Å². The first kappa shape index (κ1) is 23.1. The molecule has 1 atom stereocenters. The number of carbonyl (C=O) groups excluding carboxylic acids is 2. The molecule has 0 bridgehead atoms. The van der Waals surface area contributed by atoms with Gasteiger partial charge in [0.25, 0.3) is 11.1 Å². The molecule has 10 heteroatoms. The third kappa shape index (κ3) is 5.58. The number of carbonyl (C=O) groups is 2. The minimum atomic E-state index is -0.647. The quantitative estimate of drug-likeness (QED) is 0.508. The molecule has 0 spiro atoms. The molecule has 0 aliphatic heterocycles. The number of hydrogen-bond acceptors (Lipinski definition) is 8. The zero-order valence-corrected chi connectivity index (χ0v) is 19.2. The maximum Gasteiger partial charge on any atom is 0.325 e. The van der Waals surface area contributed by atoms with E-state index in [0.29, 0.717) is 22.7 Å². The highest BCUT2D eigenvalue weighted by molar-refractivity contribution is 8.00. The number of amides is 3. The Bertz CT molecular complexity index is 1130. The molecule has 9 nitrogen and oxygen atoms in total. The average Bonchev–Trinajstić information content (AvgIpc) is 3.23. The van der Waals surface area contributed by atoms with E-state index in [0.717, 1.165) is 22.9 Å². The first-order chi connectivity index (χ1) is 15.3. The minimum Gasteiger partial charge on any atom is -0.497 e. The summed E-state index contributed by atoms with van der Waals surface area (Å²) in [7, 11) is 3.09. The van der Waals surface area contributed by atoms with E-state index in [4.69, 9.17) is 13.9 Å². The summed E-state index contributed by atoms with van der Waals surface area (Å²) in [5, 5.41) is 12.6. The highest BCUT2D eigenvalue weighted by Crippen LogP contribution is 2.34. The van der Waals surface area contributed by atoms with Crippen LogP contribution in [-0.2, 0) is 4.79 Å². The van der Waals surface area contributed by atoms with Gasteiger partial charge >= 0.3 is 6.03 Å². The Morgan fingerprint density at radius 3 is 2.53 bits per heavy atom. The Hall–Kier alpha value is -3.53. The Kier molecular flexibility index (Phi) is 7.37. The lowest BCUT2D eigenvalue weighted by Crippen LogP contribution is -2.39. The number of imide groups is 1. The molecule has 3 rings (SSSR count). The number of nitrogens with one attached hydrogen (secondary N) is 2. The van der Waals surface area contributed by atoms with Crippen molar-refractivity contribution in [1.29, 1.82) is 0 Å². The van der Waals surface area contributed by atoms with Crippen LogP contribution in [-0.4, -0.2) is 41.6 Å². The number of rotatable bonds is 7. The number of benzene rings is 2. The van der Waals surface area contributed by atoms with Gasteiger partial charge in [0.1, 0.15) is 11.5 Å². The molecule has 1 aromatic heterocycles. The van der Waals surface area contributed by atoms with Gasteiger partial charge in [0.2, 0.25) is 5.91 Å². The molecule has 1 heterocycles. The summed E-state index contributed by atoms with van der Waals surface area (Å²) >= 11 is 1.04. The summed E-state index contributed by atoms with van der Waals surface area (Å²) in [4.78, 5) is 24.6. The van der Waals surface area contributed by atoms with E-state index in [1.165, 1.54) is 7.11 Å². The van der Waals surface area contributed by atoms with E-state index in [1.54, 1.807) is 38.3 Å². The van der Waals surface area contributed by atoms with Gasteiger partial charge in [-0.3, -0.25) is 10.1 Å². The van der Waals surface area contributed by atoms with E-state index in [-0.39, 0.29) is 11.1 Å². The van der Waals surface area contributed by atoms with Crippen LogP contribution in [0.1, 0.15) is 18.1 Å². The third-order valence-corrected chi connectivity index (χ3v) is 5.49. The van der Waals surface area contributed by atoms with Crippen molar-refractivity contribution in [2.24, 2.45) is 0 Å². The van der Waals surface area contributed by atoms with Crippen molar-refractivity contribution in [2.75, 3.05) is 19.5 Å². The second-order valence-corrected chi connectivity index (χ2v) is 8.25. The number of ether oxygens (including phenoxy) is 2. The zero-order chi connectivity index (χ0) is 23.3. The minimum absolute atomic E-state index is 0.190. The number of nitrogens with zero attached hydrogens (tertiary/aromatic N) is 2. The molecule has 3 amide bonds. The molecule has 2 N–H and O–H groups in total. The second-order valence-electron chi connectivity index (χ2n) is 6.96. The molecule has 3 aromatic rings. The highest BCUT2D eigenvalue weighted by Gasteiger charge is 2.22. The third-order valence-electron chi connectivity index (χ3n) is 4.56. The van der Waals surface area contributed by atoms with Crippen LogP contribution in [0, 0.1) is 13.8 Å². The molecule has 1 unspecified atom stereocenters. The van der Waals surface area contributed by atoms with E-state index >= 15 is 0 Å².